The largest absolute Gasteiger partial charge is 0.335 e. The third-order valence-corrected chi connectivity index (χ3v) is 6.01. The van der Waals surface area contributed by atoms with Crippen LogP contribution >= 0.6 is 0 Å². The Bertz CT molecular complexity index is 1020. The summed E-state index contributed by atoms with van der Waals surface area (Å²) in [7, 11) is 0. The smallest absolute Gasteiger partial charge is 0.319 e. The normalized spacial score (nSPS) is 14.9. The first-order valence-corrected chi connectivity index (χ1v) is 11.3. The predicted octanol–water partition coefficient (Wildman–Crippen LogP) is 3.77. The van der Waals surface area contributed by atoms with Crippen LogP contribution in [0.4, 0.5) is 10.5 Å². The van der Waals surface area contributed by atoms with Crippen molar-refractivity contribution in [2.24, 2.45) is 0 Å². The number of likely N-dealkylation sites (tertiary alicyclic amines) is 1. The molecule has 168 valence electrons. The van der Waals surface area contributed by atoms with Crippen LogP contribution in [0.25, 0.3) is 0 Å². The SMILES string of the molecule is Cc1cc(C)n(Cc2cccc(NC(=O)NC3CCN(CCc4ccncc4)CC3)c2)n1. The number of carbonyl (C=O) groups is 1. The van der Waals surface area contributed by atoms with Gasteiger partial charge in [0.2, 0.25) is 0 Å². The summed E-state index contributed by atoms with van der Waals surface area (Å²) in [5.74, 6) is 0. The number of nitrogens with zero attached hydrogens (tertiary/aromatic N) is 4. The molecule has 2 N–H and O–H groups in total. The van der Waals surface area contributed by atoms with Crippen LogP contribution < -0.4 is 10.6 Å². The molecule has 32 heavy (non-hydrogen) atoms. The average molecular weight is 433 g/mol. The van der Waals surface area contributed by atoms with Crippen molar-refractivity contribution in [2.45, 2.75) is 45.7 Å². The first kappa shape index (κ1) is 22.0. The number of carbonyl (C=O) groups excluding carboxylic acids is 1. The number of nitrogens with one attached hydrogen (secondary N) is 2. The van der Waals surface area contributed by atoms with Crippen molar-refractivity contribution < 1.29 is 4.79 Å². The lowest BCUT2D eigenvalue weighted by Gasteiger charge is -2.32. The topological polar surface area (TPSA) is 75.1 Å². The third-order valence-electron chi connectivity index (χ3n) is 6.01. The van der Waals surface area contributed by atoms with Gasteiger partial charge in [0.15, 0.2) is 0 Å². The summed E-state index contributed by atoms with van der Waals surface area (Å²) in [6, 6.07) is 14.3. The highest BCUT2D eigenvalue weighted by Gasteiger charge is 2.20. The molecule has 3 heterocycles. The fourth-order valence-electron chi connectivity index (χ4n) is 4.25. The van der Waals surface area contributed by atoms with E-state index in [9.17, 15) is 4.79 Å². The minimum absolute atomic E-state index is 0.136. The van der Waals surface area contributed by atoms with Crippen LogP contribution in [0.15, 0.2) is 54.9 Å². The Morgan fingerprint density at radius 3 is 2.56 bits per heavy atom. The molecule has 1 aromatic carbocycles. The zero-order chi connectivity index (χ0) is 22.3. The van der Waals surface area contributed by atoms with Gasteiger partial charge in [-0.25, -0.2) is 4.79 Å². The van der Waals surface area contributed by atoms with Crippen LogP contribution in [0, 0.1) is 13.8 Å². The number of benzene rings is 1. The monoisotopic (exact) mass is 432 g/mol. The van der Waals surface area contributed by atoms with E-state index >= 15 is 0 Å². The van der Waals surface area contributed by atoms with Gasteiger partial charge in [-0.3, -0.25) is 9.67 Å². The average Bonchev–Trinajstić information content (AvgIpc) is 3.10. The summed E-state index contributed by atoms with van der Waals surface area (Å²) >= 11 is 0. The highest BCUT2D eigenvalue weighted by atomic mass is 16.2. The first-order chi connectivity index (χ1) is 15.5. The second kappa shape index (κ2) is 10.4. The van der Waals surface area contributed by atoms with Gasteiger partial charge in [-0.05, 0) is 74.6 Å². The van der Waals surface area contributed by atoms with E-state index in [0.717, 1.165) is 61.5 Å². The van der Waals surface area contributed by atoms with Crippen LogP contribution in [-0.4, -0.2) is 51.4 Å². The van der Waals surface area contributed by atoms with Gasteiger partial charge in [0, 0.05) is 49.5 Å². The van der Waals surface area contributed by atoms with Crippen molar-refractivity contribution in [1.82, 2.24) is 25.0 Å². The molecular formula is C25H32N6O. The fraction of sp³-hybridized carbons (Fsp3) is 0.400. The number of urea groups is 1. The molecule has 0 unspecified atom stereocenters. The molecular weight excluding hydrogens is 400 g/mol. The molecule has 1 saturated heterocycles. The molecule has 4 rings (SSSR count). The molecule has 7 heteroatoms. The van der Waals surface area contributed by atoms with E-state index in [0.29, 0.717) is 6.54 Å². The van der Waals surface area contributed by atoms with Gasteiger partial charge in [0.05, 0.1) is 12.2 Å². The van der Waals surface area contributed by atoms with E-state index in [1.165, 1.54) is 5.56 Å². The highest BCUT2D eigenvalue weighted by molar-refractivity contribution is 5.89. The maximum absolute atomic E-state index is 12.5. The Balaban J connectivity index is 1.22. The van der Waals surface area contributed by atoms with E-state index < -0.39 is 0 Å². The van der Waals surface area contributed by atoms with Crippen LogP contribution in [0.3, 0.4) is 0 Å². The molecule has 0 aliphatic carbocycles. The van der Waals surface area contributed by atoms with Gasteiger partial charge in [-0.2, -0.15) is 5.10 Å². The van der Waals surface area contributed by atoms with Gasteiger partial charge in [0.25, 0.3) is 0 Å². The van der Waals surface area contributed by atoms with Crippen molar-refractivity contribution in [3.8, 4) is 0 Å². The summed E-state index contributed by atoms with van der Waals surface area (Å²) in [4.78, 5) is 19.1. The Morgan fingerprint density at radius 2 is 1.84 bits per heavy atom. The highest BCUT2D eigenvalue weighted by Crippen LogP contribution is 2.15. The Morgan fingerprint density at radius 1 is 1.06 bits per heavy atom. The maximum Gasteiger partial charge on any atom is 0.319 e. The standard InChI is InChI=1S/C25H32N6O/c1-19-16-20(2)31(29-19)18-22-4-3-5-24(17-22)28-25(32)27-23-9-14-30(15-10-23)13-8-21-6-11-26-12-7-21/h3-7,11-12,16-17,23H,8-10,13-15,18H2,1-2H3,(H2,27,28,32). The molecule has 0 bridgehead atoms. The molecule has 0 atom stereocenters. The molecule has 0 spiro atoms. The Labute approximate surface area is 189 Å². The van der Waals surface area contributed by atoms with Gasteiger partial charge in [-0.15, -0.1) is 0 Å². The quantitative estimate of drug-likeness (QED) is 0.596. The van der Waals surface area contributed by atoms with Crippen LogP contribution in [-0.2, 0) is 13.0 Å². The Kier molecular flexibility index (Phi) is 7.17. The fourth-order valence-corrected chi connectivity index (χ4v) is 4.25. The summed E-state index contributed by atoms with van der Waals surface area (Å²) < 4.78 is 1.98. The van der Waals surface area contributed by atoms with Crippen molar-refractivity contribution in [1.29, 1.82) is 0 Å². The number of aryl methyl sites for hydroxylation is 2. The molecule has 2 amide bonds. The van der Waals surface area contributed by atoms with E-state index in [2.05, 4.69) is 56.8 Å². The predicted molar refractivity (Wildman–Crippen MR) is 127 cm³/mol. The second-order valence-electron chi connectivity index (χ2n) is 8.60. The zero-order valence-electron chi connectivity index (χ0n) is 18.9. The second-order valence-corrected chi connectivity index (χ2v) is 8.60. The Hall–Kier alpha value is -3.19. The van der Waals surface area contributed by atoms with Crippen molar-refractivity contribution in [3.05, 3.63) is 77.4 Å². The summed E-state index contributed by atoms with van der Waals surface area (Å²) in [5, 5.41) is 10.7. The summed E-state index contributed by atoms with van der Waals surface area (Å²) in [6.07, 6.45) is 6.68. The zero-order valence-corrected chi connectivity index (χ0v) is 18.9. The van der Waals surface area contributed by atoms with Gasteiger partial charge in [0.1, 0.15) is 0 Å². The molecule has 7 nitrogen and oxygen atoms in total. The minimum Gasteiger partial charge on any atom is -0.335 e. The summed E-state index contributed by atoms with van der Waals surface area (Å²) in [6.45, 7) is 7.80. The number of aromatic nitrogens is 3. The minimum atomic E-state index is -0.136. The third kappa shape index (κ3) is 6.17. The van der Waals surface area contributed by atoms with Crippen LogP contribution in [0.2, 0.25) is 0 Å². The summed E-state index contributed by atoms with van der Waals surface area (Å²) in [5.41, 5.74) is 5.37. The van der Waals surface area contributed by atoms with Crippen LogP contribution in [0.1, 0.15) is 35.4 Å². The number of amides is 2. The van der Waals surface area contributed by atoms with E-state index in [4.69, 9.17) is 0 Å². The molecule has 1 fully saturated rings. The van der Waals surface area contributed by atoms with Gasteiger partial charge >= 0.3 is 6.03 Å². The van der Waals surface area contributed by atoms with E-state index in [1.54, 1.807) is 0 Å². The van der Waals surface area contributed by atoms with Crippen molar-refractivity contribution in [3.63, 3.8) is 0 Å². The van der Waals surface area contributed by atoms with E-state index in [-0.39, 0.29) is 12.1 Å². The van der Waals surface area contributed by atoms with Crippen LogP contribution in [0.5, 0.6) is 0 Å². The number of pyridine rings is 1. The maximum atomic E-state index is 12.5. The number of rotatable bonds is 7. The van der Waals surface area contributed by atoms with Gasteiger partial charge < -0.3 is 15.5 Å². The molecule has 2 aromatic heterocycles. The number of hydrogen-bond donors (Lipinski definition) is 2. The first-order valence-electron chi connectivity index (χ1n) is 11.3. The lowest BCUT2D eigenvalue weighted by Crippen LogP contribution is -2.46. The number of anilines is 1. The lowest BCUT2D eigenvalue weighted by molar-refractivity contribution is 0.197. The van der Waals surface area contributed by atoms with Crippen molar-refractivity contribution >= 4 is 11.7 Å². The molecule has 0 radical (unpaired) electrons. The molecule has 1 aliphatic heterocycles. The number of piperidine rings is 1. The molecule has 0 saturated carbocycles. The van der Waals surface area contributed by atoms with E-state index in [1.807, 2.05) is 42.2 Å². The number of hydrogen-bond acceptors (Lipinski definition) is 4. The molecule has 1 aliphatic rings. The van der Waals surface area contributed by atoms with Crippen molar-refractivity contribution in [2.75, 3.05) is 25.0 Å². The molecule has 3 aromatic rings. The van der Waals surface area contributed by atoms with Gasteiger partial charge in [-0.1, -0.05) is 12.1 Å². The lowest BCUT2D eigenvalue weighted by atomic mass is 10.0.